The highest BCUT2D eigenvalue weighted by Gasteiger charge is 2.26. The molecule has 0 bridgehead atoms. The number of furan rings is 1. The van der Waals surface area contributed by atoms with Crippen molar-refractivity contribution in [3.63, 3.8) is 0 Å². The molecule has 152 valence electrons. The predicted octanol–water partition coefficient (Wildman–Crippen LogP) is 3.42. The van der Waals surface area contributed by atoms with E-state index in [4.69, 9.17) is 14.4 Å². The molecule has 7 heteroatoms. The highest BCUT2D eigenvalue weighted by Crippen LogP contribution is 2.30. The Morgan fingerprint density at radius 3 is 2.87 bits per heavy atom. The summed E-state index contributed by atoms with van der Waals surface area (Å²) in [6, 6.07) is 13.0. The van der Waals surface area contributed by atoms with Crippen LogP contribution in [0.25, 0.3) is 10.9 Å². The zero-order chi connectivity index (χ0) is 20.9. The molecule has 0 spiro atoms. The van der Waals surface area contributed by atoms with Crippen LogP contribution in [0.4, 0.5) is 0 Å². The Kier molecular flexibility index (Phi) is 5.75. The molecule has 1 aliphatic rings. The van der Waals surface area contributed by atoms with Crippen LogP contribution >= 0.6 is 0 Å². The first-order valence-electron chi connectivity index (χ1n) is 9.92. The van der Waals surface area contributed by atoms with Gasteiger partial charge >= 0.3 is 5.97 Å². The van der Waals surface area contributed by atoms with Crippen LogP contribution in [0.3, 0.4) is 0 Å². The number of nitriles is 1. The second-order valence-corrected chi connectivity index (χ2v) is 7.16. The molecule has 1 aliphatic carbocycles. The zero-order valence-electron chi connectivity index (χ0n) is 16.5. The van der Waals surface area contributed by atoms with Gasteiger partial charge in [0.05, 0.1) is 36.4 Å². The fourth-order valence-corrected chi connectivity index (χ4v) is 3.80. The number of para-hydroxylation sites is 1. The molecule has 0 N–H and O–H groups in total. The summed E-state index contributed by atoms with van der Waals surface area (Å²) in [6.07, 6.45) is 4.27. The number of nitrogens with zero attached hydrogens (tertiary/aromatic N) is 3. The average molecular weight is 403 g/mol. The Balaban J connectivity index is 1.51. The highest BCUT2D eigenvalue weighted by molar-refractivity contribution is 6.05. The number of aromatic nitrogens is 1. The Hall–Kier alpha value is -3.66. The third-order valence-electron chi connectivity index (χ3n) is 5.22. The van der Waals surface area contributed by atoms with E-state index >= 15 is 0 Å². The van der Waals surface area contributed by atoms with Crippen molar-refractivity contribution in [1.82, 2.24) is 9.88 Å². The standard InChI is InChI=1S/C23H21N3O4/c24-11-5-12-26(14-16-6-4-13-29-16)21(27)15-30-23(28)22-17-7-1-2-9-19(17)25-20-10-3-8-18(20)22/h1-2,4,6-7,9,13H,3,5,8,10,12,14-15H2. The molecule has 0 fully saturated rings. The zero-order valence-corrected chi connectivity index (χ0v) is 16.5. The quantitative estimate of drug-likeness (QED) is 0.561. The fraction of sp³-hybridized carbons (Fsp3) is 0.304. The van der Waals surface area contributed by atoms with Gasteiger partial charge in [-0.3, -0.25) is 9.78 Å². The van der Waals surface area contributed by atoms with Gasteiger partial charge in [0.2, 0.25) is 0 Å². The van der Waals surface area contributed by atoms with E-state index in [2.05, 4.69) is 4.98 Å². The number of ether oxygens (including phenoxy) is 1. The average Bonchev–Trinajstić information content (AvgIpc) is 3.44. The van der Waals surface area contributed by atoms with Gasteiger partial charge in [0.25, 0.3) is 5.91 Å². The van der Waals surface area contributed by atoms with Gasteiger partial charge in [0.15, 0.2) is 6.61 Å². The van der Waals surface area contributed by atoms with E-state index in [1.807, 2.05) is 30.3 Å². The Morgan fingerprint density at radius 1 is 1.20 bits per heavy atom. The Morgan fingerprint density at radius 2 is 2.07 bits per heavy atom. The van der Waals surface area contributed by atoms with Crippen LogP contribution in [0.5, 0.6) is 0 Å². The first kappa shape index (κ1) is 19.6. The normalized spacial score (nSPS) is 12.4. The summed E-state index contributed by atoms with van der Waals surface area (Å²) in [4.78, 5) is 31.8. The first-order valence-corrected chi connectivity index (χ1v) is 9.92. The van der Waals surface area contributed by atoms with Gasteiger partial charge in [0.1, 0.15) is 5.76 Å². The molecule has 0 saturated heterocycles. The number of hydrogen-bond acceptors (Lipinski definition) is 6. The van der Waals surface area contributed by atoms with Gasteiger partial charge in [0, 0.05) is 17.6 Å². The second-order valence-electron chi connectivity index (χ2n) is 7.16. The number of hydrogen-bond donors (Lipinski definition) is 0. The van der Waals surface area contributed by atoms with Gasteiger partial charge in [-0.15, -0.1) is 0 Å². The molecule has 30 heavy (non-hydrogen) atoms. The smallest absolute Gasteiger partial charge is 0.339 e. The van der Waals surface area contributed by atoms with Gasteiger partial charge < -0.3 is 14.1 Å². The number of rotatable bonds is 7. The van der Waals surface area contributed by atoms with Gasteiger partial charge in [-0.2, -0.15) is 5.26 Å². The van der Waals surface area contributed by atoms with Gasteiger partial charge in [-0.25, -0.2) is 4.79 Å². The van der Waals surface area contributed by atoms with Crippen LogP contribution in [0.2, 0.25) is 0 Å². The van der Waals surface area contributed by atoms with E-state index in [-0.39, 0.29) is 25.4 Å². The number of aryl methyl sites for hydroxylation is 1. The van der Waals surface area contributed by atoms with E-state index in [1.54, 1.807) is 12.1 Å². The lowest BCUT2D eigenvalue weighted by molar-refractivity contribution is -0.135. The molecular formula is C23H21N3O4. The van der Waals surface area contributed by atoms with E-state index in [9.17, 15) is 9.59 Å². The lowest BCUT2D eigenvalue weighted by Gasteiger charge is -2.20. The monoisotopic (exact) mass is 403 g/mol. The number of pyridine rings is 1. The molecular weight excluding hydrogens is 382 g/mol. The van der Waals surface area contributed by atoms with Crippen LogP contribution in [0.1, 0.15) is 40.2 Å². The molecule has 0 unspecified atom stereocenters. The summed E-state index contributed by atoms with van der Waals surface area (Å²) in [7, 11) is 0. The molecule has 0 saturated carbocycles. The Labute approximate surface area is 173 Å². The summed E-state index contributed by atoms with van der Waals surface area (Å²) in [5, 5.41) is 9.62. The summed E-state index contributed by atoms with van der Waals surface area (Å²) in [6.45, 7) is 0.0657. The minimum Gasteiger partial charge on any atom is -0.467 e. The molecule has 2 aromatic heterocycles. The lowest BCUT2D eigenvalue weighted by atomic mass is 10.0. The number of carbonyl (C=O) groups excluding carboxylic acids is 2. The largest absolute Gasteiger partial charge is 0.467 e. The van der Waals surface area contributed by atoms with Gasteiger partial charge in [-0.05, 0) is 43.0 Å². The summed E-state index contributed by atoms with van der Waals surface area (Å²) in [5.41, 5.74) is 3.11. The highest BCUT2D eigenvalue weighted by atomic mass is 16.5. The van der Waals surface area contributed by atoms with E-state index in [0.717, 1.165) is 41.4 Å². The molecule has 1 aromatic carbocycles. The molecule has 7 nitrogen and oxygen atoms in total. The van der Waals surface area contributed by atoms with Crippen molar-refractivity contribution in [2.75, 3.05) is 13.2 Å². The summed E-state index contributed by atoms with van der Waals surface area (Å²) >= 11 is 0. The number of esters is 1. The van der Waals surface area contributed by atoms with Crippen LogP contribution in [0.15, 0.2) is 47.1 Å². The lowest BCUT2D eigenvalue weighted by Crippen LogP contribution is -2.35. The summed E-state index contributed by atoms with van der Waals surface area (Å²) in [5.74, 6) is -0.283. The molecule has 2 heterocycles. The molecule has 0 radical (unpaired) electrons. The fourth-order valence-electron chi connectivity index (χ4n) is 3.80. The van der Waals surface area contributed by atoms with Crippen molar-refractivity contribution in [1.29, 1.82) is 5.26 Å². The van der Waals surface area contributed by atoms with Crippen molar-refractivity contribution in [3.05, 3.63) is 65.2 Å². The number of amides is 1. The third kappa shape index (κ3) is 4.03. The third-order valence-corrected chi connectivity index (χ3v) is 5.22. The minimum atomic E-state index is -0.515. The van der Waals surface area contributed by atoms with Crippen LogP contribution in [-0.2, 0) is 28.9 Å². The van der Waals surface area contributed by atoms with E-state index < -0.39 is 12.6 Å². The van der Waals surface area contributed by atoms with Crippen LogP contribution in [-0.4, -0.2) is 34.9 Å². The first-order chi connectivity index (χ1) is 14.7. The topological polar surface area (TPSA) is 96.4 Å². The maximum absolute atomic E-state index is 13.0. The number of carbonyl (C=O) groups is 2. The summed E-state index contributed by atoms with van der Waals surface area (Å²) < 4.78 is 10.7. The maximum atomic E-state index is 13.0. The van der Waals surface area contributed by atoms with Crippen molar-refractivity contribution < 1.29 is 18.7 Å². The van der Waals surface area contributed by atoms with Crippen molar-refractivity contribution in [2.45, 2.75) is 32.2 Å². The van der Waals surface area contributed by atoms with Crippen LogP contribution < -0.4 is 0 Å². The second kappa shape index (κ2) is 8.78. The molecule has 4 rings (SSSR count). The van der Waals surface area contributed by atoms with Crippen molar-refractivity contribution >= 4 is 22.8 Å². The number of fused-ring (bicyclic) bond motifs is 2. The van der Waals surface area contributed by atoms with Crippen molar-refractivity contribution in [3.8, 4) is 6.07 Å². The molecule has 1 amide bonds. The molecule has 3 aromatic rings. The van der Waals surface area contributed by atoms with Crippen LogP contribution in [0, 0.1) is 11.3 Å². The molecule has 0 atom stereocenters. The minimum absolute atomic E-state index is 0.183. The van der Waals surface area contributed by atoms with Gasteiger partial charge in [-0.1, -0.05) is 18.2 Å². The van der Waals surface area contributed by atoms with E-state index in [1.165, 1.54) is 11.2 Å². The number of benzene rings is 1. The predicted molar refractivity (Wildman–Crippen MR) is 108 cm³/mol. The van der Waals surface area contributed by atoms with E-state index in [0.29, 0.717) is 11.3 Å². The Bertz CT molecular complexity index is 1120. The SMILES string of the molecule is N#CCCN(Cc1ccco1)C(=O)COC(=O)c1c2c(nc3ccccc13)CCC2. The van der Waals surface area contributed by atoms with Crippen molar-refractivity contribution in [2.24, 2.45) is 0 Å². The molecule has 0 aliphatic heterocycles. The maximum Gasteiger partial charge on any atom is 0.339 e.